The number of hydrogen-bond acceptors (Lipinski definition) is 4. The zero-order valence-corrected chi connectivity index (χ0v) is 11.1. The van der Waals surface area contributed by atoms with Gasteiger partial charge in [-0.3, -0.25) is 0 Å². The van der Waals surface area contributed by atoms with Gasteiger partial charge in [-0.25, -0.2) is 4.98 Å². The van der Waals surface area contributed by atoms with E-state index in [-0.39, 0.29) is 0 Å². The lowest BCUT2D eigenvalue weighted by Crippen LogP contribution is -2.17. The molecule has 94 valence electrons. The van der Waals surface area contributed by atoms with Gasteiger partial charge in [0.25, 0.3) is 0 Å². The molecule has 0 amide bonds. The fourth-order valence-electron chi connectivity index (χ4n) is 2.34. The molecule has 0 radical (unpaired) electrons. The van der Waals surface area contributed by atoms with Crippen molar-refractivity contribution >= 4 is 16.5 Å². The molecule has 0 aliphatic carbocycles. The molecule has 1 fully saturated rings. The van der Waals surface area contributed by atoms with E-state index in [2.05, 4.69) is 17.0 Å². The van der Waals surface area contributed by atoms with Crippen LogP contribution in [0.4, 0.5) is 5.13 Å². The minimum Gasteiger partial charge on any atom is -0.348 e. The molecule has 0 bridgehead atoms. The van der Waals surface area contributed by atoms with E-state index in [4.69, 9.17) is 10.7 Å². The molecule has 2 aromatic rings. The Morgan fingerprint density at radius 1 is 1.17 bits per heavy atom. The molecule has 4 heteroatoms. The summed E-state index contributed by atoms with van der Waals surface area (Å²) in [5, 5.41) is 1.13. The number of nitrogens with zero attached hydrogens (tertiary/aromatic N) is 2. The second-order valence-corrected chi connectivity index (χ2v) is 5.59. The predicted molar refractivity (Wildman–Crippen MR) is 76.9 cm³/mol. The minimum absolute atomic E-state index is 0.565. The number of nitrogens with two attached hydrogens (primary N) is 1. The SMILES string of the molecule is NCc1sc(N2CCCC2)nc1-c1ccccc1. The lowest BCUT2D eigenvalue weighted by atomic mass is 10.1. The highest BCUT2D eigenvalue weighted by molar-refractivity contribution is 7.16. The van der Waals surface area contributed by atoms with E-state index in [0.29, 0.717) is 6.54 Å². The molecule has 1 saturated heterocycles. The van der Waals surface area contributed by atoms with Crippen molar-refractivity contribution in [3.63, 3.8) is 0 Å². The monoisotopic (exact) mass is 259 g/mol. The van der Waals surface area contributed by atoms with Gasteiger partial charge in [0.05, 0.1) is 5.69 Å². The molecule has 0 saturated carbocycles. The first-order chi connectivity index (χ1) is 8.88. The second kappa shape index (κ2) is 5.08. The summed E-state index contributed by atoms with van der Waals surface area (Å²) in [6.45, 7) is 2.83. The normalized spacial score (nSPS) is 15.3. The van der Waals surface area contributed by atoms with Crippen molar-refractivity contribution in [2.24, 2.45) is 5.73 Å². The van der Waals surface area contributed by atoms with Gasteiger partial charge in [0.15, 0.2) is 5.13 Å². The van der Waals surface area contributed by atoms with Crippen LogP contribution in [0, 0.1) is 0 Å². The number of anilines is 1. The third-order valence-corrected chi connectivity index (χ3v) is 4.43. The van der Waals surface area contributed by atoms with Crippen LogP contribution in [0.1, 0.15) is 17.7 Å². The van der Waals surface area contributed by atoms with Crippen LogP contribution < -0.4 is 10.6 Å². The summed E-state index contributed by atoms with van der Waals surface area (Å²) in [5.41, 5.74) is 8.08. The maximum absolute atomic E-state index is 5.85. The third kappa shape index (κ3) is 2.13. The van der Waals surface area contributed by atoms with E-state index < -0.39 is 0 Å². The van der Waals surface area contributed by atoms with Crippen LogP contribution in [0.25, 0.3) is 11.3 Å². The molecular formula is C14H17N3S. The van der Waals surface area contributed by atoms with E-state index in [1.54, 1.807) is 11.3 Å². The van der Waals surface area contributed by atoms with Gasteiger partial charge in [0.1, 0.15) is 0 Å². The summed E-state index contributed by atoms with van der Waals surface area (Å²) in [7, 11) is 0. The lowest BCUT2D eigenvalue weighted by Gasteiger charge is -2.12. The molecule has 0 spiro atoms. The van der Waals surface area contributed by atoms with Gasteiger partial charge in [0, 0.05) is 30.1 Å². The summed E-state index contributed by atoms with van der Waals surface area (Å²) >= 11 is 1.74. The number of rotatable bonds is 3. The molecular weight excluding hydrogens is 242 g/mol. The fraction of sp³-hybridized carbons (Fsp3) is 0.357. The van der Waals surface area contributed by atoms with E-state index in [9.17, 15) is 0 Å². The number of thiazole rings is 1. The van der Waals surface area contributed by atoms with E-state index >= 15 is 0 Å². The van der Waals surface area contributed by atoms with Gasteiger partial charge in [0.2, 0.25) is 0 Å². The molecule has 18 heavy (non-hydrogen) atoms. The Hall–Kier alpha value is -1.39. The molecule has 0 atom stereocenters. The van der Waals surface area contributed by atoms with Gasteiger partial charge in [-0.15, -0.1) is 0 Å². The smallest absolute Gasteiger partial charge is 0.186 e. The largest absolute Gasteiger partial charge is 0.348 e. The summed E-state index contributed by atoms with van der Waals surface area (Å²) in [4.78, 5) is 8.35. The Kier molecular flexibility index (Phi) is 3.30. The van der Waals surface area contributed by atoms with Crippen molar-refractivity contribution in [3.05, 3.63) is 35.2 Å². The summed E-state index contributed by atoms with van der Waals surface area (Å²) in [6.07, 6.45) is 2.55. The van der Waals surface area contributed by atoms with Crippen molar-refractivity contribution in [2.75, 3.05) is 18.0 Å². The fourth-order valence-corrected chi connectivity index (χ4v) is 3.36. The van der Waals surface area contributed by atoms with Crippen LogP contribution in [-0.2, 0) is 6.54 Å². The lowest BCUT2D eigenvalue weighted by molar-refractivity contribution is 0.949. The van der Waals surface area contributed by atoms with Crippen LogP contribution >= 0.6 is 11.3 Å². The Morgan fingerprint density at radius 3 is 2.56 bits per heavy atom. The topological polar surface area (TPSA) is 42.1 Å². The predicted octanol–water partition coefficient (Wildman–Crippen LogP) is 2.87. The second-order valence-electron chi connectivity index (χ2n) is 4.53. The number of hydrogen-bond donors (Lipinski definition) is 1. The first-order valence-electron chi connectivity index (χ1n) is 6.38. The highest BCUT2D eigenvalue weighted by Gasteiger charge is 2.19. The minimum atomic E-state index is 0.565. The Labute approximate surface area is 111 Å². The molecule has 3 nitrogen and oxygen atoms in total. The molecule has 3 rings (SSSR count). The van der Waals surface area contributed by atoms with Gasteiger partial charge in [-0.05, 0) is 12.8 Å². The van der Waals surface area contributed by atoms with Crippen LogP contribution in [0.3, 0.4) is 0 Å². The molecule has 2 N–H and O–H groups in total. The van der Waals surface area contributed by atoms with Crippen LogP contribution in [0.2, 0.25) is 0 Å². The average Bonchev–Trinajstić information content (AvgIpc) is 3.08. The average molecular weight is 259 g/mol. The van der Waals surface area contributed by atoms with Gasteiger partial charge in [-0.1, -0.05) is 41.7 Å². The van der Waals surface area contributed by atoms with Crippen LogP contribution in [0.5, 0.6) is 0 Å². The van der Waals surface area contributed by atoms with E-state index in [0.717, 1.165) is 23.9 Å². The first kappa shape index (κ1) is 11.7. The zero-order valence-electron chi connectivity index (χ0n) is 10.3. The van der Waals surface area contributed by atoms with Crippen molar-refractivity contribution in [1.29, 1.82) is 0 Å². The summed E-state index contributed by atoms with van der Waals surface area (Å²) in [6, 6.07) is 10.3. The van der Waals surface area contributed by atoms with Crippen LogP contribution in [0.15, 0.2) is 30.3 Å². The van der Waals surface area contributed by atoms with Gasteiger partial charge >= 0.3 is 0 Å². The summed E-state index contributed by atoms with van der Waals surface area (Å²) < 4.78 is 0. The maximum atomic E-state index is 5.85. The third-order valence-electron chi connectivity index (χ3n) is 3.30. The van der Waals surface area contributed by atoms with E-state index in [1.807, 2.05) is 18.2 Å². The van der Waals surface area contributed by atoms with Crippen LogP contribution in [-0.4, -0.2) is 18.1 Å². The Balaban J connectivity index is 1.98. The molecule has 0 unspecified atom stereocenters. The van der Waals surface area contributed by atoms with Crippen molar-refractivity contribution in [1.82, 2.24) is 4.98 Å². The maximum Gasteiger partial charge on any atom is 0.186 e. The molecule has 2 heterocycles. The van der Waals surface area contributed by atoms with Gasteiger partial charge in [-0.2, -0.15) is 0 Å². The van der Waals surface area contributed by atoms with Crippen molar-refractivity contribution in [2.45, 2.75) is 19.4 Å². The highest BCUT2D eigenvalue weighted by atomic mass is 32.1. The standard InChI is InChI=1S/C14H17N3S/c15-10-12-13(11-6-2-1-3-7-11)16-14(18-12)17-8-4-5-9-17/h1-3,6-7H,4-5,8-10,15H2. The molecule has 1 aliphatic rings. The molecule has 1 aliphatic heterocycles. The van der Waals surface area contributed by atoms with Crippen molar-refractivity contribution in [3.8, 4) is 11.3 Å². The van der Waals surface area contributed by atoms with E-state index in [1.165, 1.54) is 23.3 Å². The first-order valence-corrected chi connectivity index (χ1v) is 7.20. The highest BCUT2D eigenvalue weighted by Crippen LogP contribution is 2.34. The quantitative estimate of drug-likeness (QED) is 0.921. The van der Waals surface area contributed by atoms with Gasteiger partial charge < -0.3 is 10.6 Å². The number of benzene rings is 1. The summed E-state index contributed by atoms with van der Waals surface area (Å²) in [5.74, 6) is 0. The molecule has 1 aromatic heterocycles. The number of aromatic nitrogens is 1. The van der Waals surface area contributed by atoms with Crippen molar-refractivity contribution < 1.29 is 0 Å². The molecule has 1 aromatic carbocycles. The zero-order chi connectivity index (χ0) is 12.4. The Morgan fingerprint density at radius 2 is 1.89 bits per heavy atom. The Bertz CT molecular complexity index is 515.